The van der Waals surface area contributed by atoms with Crippen LogP contribution in [-0.2, 0) is 15.9 Å². The van der Waals surface area contributed by atoms with Crippen molar-refractivity contribution in [1.82, 2.24) is 4.31 Å². The van der Waals surface area contributed by atoms with Crippen molar-refractivity contribution < 1.29 is 12.8 Å². The number of furan rings is 1. The summed E-state index contributed by atoms with van der Waals surface area (Å²) in [7, 11) is -3.51. The first-order valence-corrected chi connectivity index (χ1v) is 8.43. The molecular formula is C10H14ClNO3S2. The molecule has 7 heteroatoms. The van der Waals surface area contributed by atoms with Crippen LogP contribution >= 0.6 is 23.4 Å². The van der Waals surface area contributed by atoms with Crippen LogP contribution in [0, 0.1) is 0 Å². The normalized spacial score (nSPS) is 22.8. The topological polar surface area (TPSA) is 50.5 Å². The minimum Gasteiger partial charge on any atom is -0.447 e. The van der Waals surface area contributed by atoms with Gasteiger partial charge in [0.2, 0.25) is 5.09 Å². The van der Waals surface area contributed by atoms with Crippen molar-refractivity contribution in [2.24, 2.45) is 0 Å². The SMILES string of the molecule is CC1CSCCN1S(=O)(=O)c1ccc(CCl)o1. The fourth-order valence-electron chi connectivity index (χ4n) is 1.75. The van der Waals surface area contributed by atoms with E-state index in [9.17, 15) is 8.42 Å². The zero-order valence-corrected chi connectivity index (χ0v) is 11.8. The largest absolute Gasteiger partial charge is 0.447 e. The van der Waals surface area contributed by atoms with Gasteiger partial charge in [0.25, 0.3) is 10.0 Å². The Bertz CT molecular complexity index is 485. The van der Waals surface area contributed by atoms with Crippen LogP contribution in [0.1, 0.15) is 12.7 Å². The Morgan fingerprint density at radius 1 is 1.59 bits per heavy atom. The van der Waals surface area contributed by atoms with Crippen LogP contribution in [0.2, 0.25) is 0 Å². The molecule has 0 aromatic carbocycles. The second kappa shape index (κ2) is 5.22. The molecule has 1 unspecified atom stereocenters. The molecular weight excluding hydrogens is 282 g/mol. The molecule has 2 rings (SSSR count). The Morgan fingerprint density at radius 3 is 2.94 bits per heavy atom. The molecule has 0 aliphatic carbocycles. The fraction of sp³-hybridized carbons (Fsp3) is 0.600. The summed E-state index contributed by atoms with van der Waals surface area (Å²) in [6, 6.07) is 3.08. The van der Waals surface area contributed by atoms with Crippen LogP contribution in [0.5, 0.6) is 0 Å². The van der Waals surface area contributed by atoms with E-state index >= 15 is 0 Å². The Hall–Kier alpha value is -0.170. The Morgan fingerprint density at radius 2 is 2.35 bits per heavy atom. The van der Waals surface area contributed by atoms with E-state index in [0.717, 1.165) is 11.5 Å². The first-order chi connectivity index (χ1) is 8.05. The third-order valence-electron chi connectivity index (χ3n) is 2.64. The molecule has 96 valence electrons. The third kappa shape index (κ3) is 2.65. The molecule has 1 aliphatic rings. The van der Waals surface area contributed by atoms with Crippen molar-refractivity contribution in [2.45, 2.75) is 23.9 Å². The molecule has 1 aliphatic heterocycles. The lowest BCUT2D eigenvalue weighted by Crippen LogP contribution is -2.44. The molecule has 1 aromatic heterocycles. The predicted molar refractivity (Wildman–Crippen MR) is 68.9 cm³/mol. The van der Waals surface area contributed by atoms with E-state index in [1.165, 1.54) is 10.4 Å². The summed E-state index contributed by atoms with van der Waals surface area (Å²) in [5.74, 6) is 2.31. The van der Waals surface area contributed by atoms with Crippen molar-refractivity contribution in [1.29, 1.82) is 0 Å². The van der Waals surface area contributed by atoms with Gasteiger partial charge in [0, 0.05) is 24.1 Å². The van der Waals surface area contributed by atoms with E-state index in [0.29, 0.717) is 12.3 Å². The van der Waals surface area contributed by atoms with E-state index in [4.69, 9.17) is 16.0 Å². The van der Waals surface area contributed by atoms with Gasteiger partial charge in [0.1, 0.15) is 5.76 Å². The molecule has 0 saturated carbocycles. The Balaban J connectivity index is 2.28. The van der Waals surface area contributed by atoms with Gasteiger partial charge in [-0.15, -0.1) is 11.6 Å². The van der Waals surface area contributed by atoms with Crippen LogP contribution in [0.25, 0.3) is 0 Å². The van der Waals surface area contributed by atoms with Crippen molar-refractivity contribution in [3.63, 3.8) is 0 Å². The third-order valence-corrected chi connectivity index (χ3v) is 5.98. The number of alkyl halides is 1. The minimum atomic E-state index is -3.51. The second-order valence-electron chi connectivity index (χ2n) is 3.89. The number of hydrogen-bond acceptors (Lipinski definition) is 4. The Labute approximate surface area is 110 Å². The lowest BCUT2D eigenvalue weighted by Gasteiger charge is -2.30. The van der Waals surface area contributed by atoms with E-state index < -0.39 is 10.0 Å². The molecule has 1 fully saturated rings. The molecule has 1 atom stereocenters. The maximum atomic E-state index is 12.3. The maximum Gasteiger partial charge on any atom is 0.276 e. The number of halogens is 1. The zero-order chi connectivity index (χ0) is 12.5. The first-order valence-electron chi connectivity index (χ1n) is 5.30. The predicted octanol–water partition coefficient (Wildman–Crippen LogP) is 2.14. The van der Waals surface area contributed by atoms with Gasteiger partial charge in [0.05, 0.1) is 5.88 Å². The lowest BCUT2D eigenvalue weighted by atomic mass is 10.4. The summed E-state index contributed by atoms with van der Waals surface area (Å²) in [5.41, 5.74) is 0. The summed E-state index contributed by atoms with van der Waals surface area (Å²) in [5, 5.41) is -0.00750. The smallest absolute Gasteiger partial charge is 0.276 e. The lowest BCUT2D eigenvalue weighted by molar-refractivity contribution is 0.343. The van der Waals surface area contributed by atoms with E-state index in [2.05, 4.69) is 0 Å². The summed E-state index contributed by atoms with van der Waals surface area (Å²) >= 11 is 7.37. The highest BCUT2D eigenvalue weighted by Crippen LogP contribution is 2.25. The van der Waals surface area contributed by atoms with Crippen LogP contribution < -0.4 is 0 Å². The monoisotopic (exact) mass is 295 g/mol. The molecule has 0 N–H and O–H groups in total. The van der Waals surface area contributed by atoms with Crippen LogP contribution in [0.4, 0.5) is 0 Å². The summed E-state index contributed by atoms with van der Waals surface area (Å²) < 4.78 is 31.3. The van der Waals surface area contributed by atoms with Gasteiger partial charge >= 0.3 is 0 Å². The standard InChI is InChI=1S/C10H14ClNO3S2/c1-8-7-16-5-4-12(8)17(13,14)10-3-2-9(6-11)15-10/h2-3,8H,4-7H2,1H3. The summed E-state index contributed by atoms with van der Waals surface area (Å²) in [6.07, 6.45) is 0. The average molecular weight is 296 g/mol. The van der Waals surface area contributed by atoms with Crippen LogP contribution in [-0.4, -0.2) is 36.8 Å². The van der Waals surface area contributed by atoms with Gasteiger partial charge in [-0.25, -0.2) is 8.42 Å². The molecule has 0 spiro atoms. The van der Waals surface area contributed by atoms with E-state index in [1.54, 1.807) is 17.8 Å². The average Bonchev–Trinajstić information content (AvgIpc) is 2.78. The van der Waals surface area contributed by atoms with Gasteiger partial charge < -0.3 is 4.42 Å². The van der Waals surface area contributed by atoms with Gasteiger partial charge in [-0.3, -0.25) is 0 Å². The number of hydrogen-bond donors (Lipinski definition) is 0. The summed E-state index contributed by atoms with van der Waals surface area (Å²) in [6.45, 7) is 2.44. The zero-order valence-electron chi connectivity index (χ0n) is 9.43. The van der Waals surface area contributed by atoms with Crippen molar-refractivity contribution in [3.05, 3.63) is 17.9 Å². The first kappa shape index (κ1) is 13.3. The van der Waals surface area contributed by atoms with E-state index in [1.807, 2.05) is 6.92 Å². The van der Waals surface area contributed by atoms with Crippen molar-refractivity contribution >= 4 is 33.4 Å². The molecule has 1 aromatic rings. The molecule has 0 bridgehead atoms. The van der Waals surface area contributed by atoms with Crippen molar-refractivity contribution in [2.75, 3.05) is 18.1 Å². The number of rotatable bonds is 3. The summed E-state index contributed by atoms with van der Waals surface area (Å²) in [4.78, 5) is 0. The number of thioether (sulfide) groups is 1. The maximum absolute atomic E-state index is 12.3. The van der Waals surface area contributed by atoms with Gasteiger partial charge in [-0.1, -0.05) is 0 Å². The van der Waals surface area contributed by atoms with E-state index in [-0.39, 0.29) is 17.0 Å². The van der Waals surface area contributed by atoms with Crippen molar-refractivity contribution in [3.8, 4) is 0 Å². The van der Waals surface area contributed by atoms with Gasteiger partial charge in [0.15, 0.2) is 0 Å². The highest BCUT2D eigenvalue weighted by atomic mass is 35.5. The second-order valence-corrected chi connectivity index (χ2v) is 7.13. The van der Waals surface area contributed by atoms with Gasteiger partial charge in [-0.05, 0) is 19.1 Å². The molecule has 0 radical (unpaired) electrons. The number of nitrogens with zero attached hydrogens (tertiary/aromatic N) is 1. The van der Waals surface area contributed by atoms with Crippen LogP contribution in [0.3, 0.4) is 0 Å². The highest BCUT2D eigenvalue weighted by molar-refractivity contribution is 7.99. The number of sulfonamides is 1. The molecule has 17 heavy (non-hydrogen) atoms. The van der Waals surface area contributed by atoms with Crippen LogP contribution in [0.15, 0.2) is 21.6 Å². The quantitative estimate of drug-likeness (QED) is 0.802. The molecule has 4 nitrogen and oxygen atoms in total. The minimum absolute atomic E-state index is 0.00306. The molecule has 0 amide bonds. The molecule has 2 heterocycles. The molecule has 1 saturated heterocycles. The van der Waals surface area contributed by atoms with Gasteiger partial charge in [-0.2, -0.15) is 16.1 Å². The Kier molecular flexibility index (Phi) is 4.07. The highest BCUT2D eigenvalue weighted by Gasteiger charge is 2.33. The fourth-order valence-corrected chi connectivity index (χ4v) is 4.68.